The molecule has 3 aromatic carbocycles. The summed E-state index contributed by atoms with van der Waals surface area (Å²) in [4.78, 5) is 0. The fourth-order valence-corrected chi connectivity index (χ4v) is 6.40. The number of hydrogen-bond acceptors (Lipinski definition) is 4. The first kappa shape index (κ1) is 33.3. The molecule has 3 aromatic rings. The zero-order valence-electron chi connectivity index (χ0n) is 22.9. The predicted molar refractivity (Wildman–Crippen MR) is 155 cm³/mol. The maximum Gasteiger partial charge on any atom is 0.461 e. The third-order valence-corrected chi connectivity index (χ3v) is 9.14. The lowest BCUT2D eigenvalue weighted by molar-refractivity contribution is -0.253. The average Bonchev–Trinajstić information content (AvgIpc) is 2.87. The van der Waals surface area contributed by atoms with Crippen molar-refractivity contribution < 1.29 is 40.4 Å². The summed E-state index contributed by atoms with van der Waals surface area (Å²) in [5.74, 6) is -2.83. The zero-order chi connectivity index (χ0) is 30.8. The van der Waals surface area contributed by atoms with Crippen LogP contribution in [-0.2, 0) is 16.9 Å². The second-order valence-electron chi connectivity index (χ2n) is 10.5. The van der Waals surface area contributed by atoms with Crippen molar-refractivity contribution in [2.45, 2.75) is 67.5 Å². The molecule has 0 aliphatic carbocycles. The molecule has 12 heteroatoms. The Morgan fingerprint density at radius 1 is 0.902 bits per heavy atom. The van der Waals surface area contributed by atoms with Gasteiger partial charge in [0.05, 0.1) is 10.0 Å². The normalized spacial score (nSPS) is 15.5. The Morgan fingerprint density at radius 3 is 2.07 bits per heavy atom. The van der Waals surface area contributed by atoms with E-state index in [4.69, 9.17) is 4.74 Å². The first-order valence-electron chi connectivity index (χ1n) is 12.5. The molecule has 0 aliphatic heterocycles. The molecular formula is C29H30F6INO3S. The number of hydrogen-bond donors (Lipinski definition) is 1. The van der Waals surface area contributed by atoms with Gasteiger partial charge in [-0.2, -0.15) is 17.6 Å². The van der Waals surface area contributed by atoms with Crippen LogP contribution in [0.1, 0.15) is 55.2 Å². The van der Waals surface area contributed by atoms with E-state index < -0.39 is 55.5 Å². The molecule has 4 nitrogen and oxygen atoms in total. The highest BCUT2D eigenvalue weighted by molar-refractivity contribution is 14.1. The van der Waals surface area contributed by atoms with Gasteiger partial charge >= 0.3 is 12.5 Å². The SMILES string of the molecule is CC(C)Oc1ccc(C(N[S+]([O-])C(C)(C)C)(c2cc(F)cc(OC(F)(F)C(F)F)c2)C(I)c2ccccc2)cc1F. The topological polar surface area (TPSA) is 53.5 Å². The van der Waals surface area contributed by atoms with Crippen molar-refractivity contribution in [3.63, 3.8) is 0 Å². The molecule has 41 heavy (non-hydrogen) atoms. The summed E-state index contributed by atoms with van der Waals surface area (Å²) in [5.41, 5.74) is -1.11. The van der Waals surface area contributed by atoms with Crippen LogP contribution in [0.25, 0.3) is 0 Å². The Bertz CT molecular complexity index is 1330. The molecule has 3 rings (SSSR count). The van der Waals surface area contributed by atoms with E-state index in [1.54, 1.807) is 65.0 Å². The molecular weight excluding hydrogens is 683 g/mol. The molecule has 0 spiro atoms. The lowest BCUT2D eigenvalue weighted by atomic mass is 9.78. The third kappa shape index (κ3) is 7.82. The van der Waals surface area contributed by atoms with Gasteiger partial charge in [0, 0.05) is 17.4 Å². The Kier molecular flexibility index (Phi) is 10.6. The van der Waals surface area contributed by atoms with E-state index in [9.17, 15) is 22.1 Å². The summed E-state index contributed by atoms with van der Waals surface area (Å²) < 4.78 is 109. The Hall–Kier alpha value is -2.16. The standard InChI is InChI=1S/C29H30F6INO3S/c1-17(2)39-24-12-11-19(15-23(24)31)28(37-41(38)27(3,4)5,25(36)18-9-7-6-8-10-18)20-13-21(30)16-22(14-20)40-29(34,35)26(32)33/h6-17,25-26,37H,1-5H3. The Balaban J connectivity index is 2.39. The molecule has 0 aliphatic rings. The van der Waals surface area contributed by atoms with Crippen molar-refractivity contribution >= 4 is 34.0 Å². The van der Waals surface area contributed by atoms with E-state index in [2.05, 4.69) is 9.46 Å². The van der Waals surface area contributed by atoms with Crippen LogP contribution in [0.4, 0.5) is 26.3 Å². The molecule has 3 atom stereocenters. The smallest absolute Gasteiger partial charge is 0.461 e. The monoisotopic (exact) mass is 713 g/mol. The van der Waals surface area contributed by atoms with Crippen LogP contribution >= 0.6 is 22.6 Å². The lowest BCUT2D eigenvalue weighted by Gasteiger charge is -2.42. The molecule has 3 unspecified atom stereocenters. The second-order valence-corrected chi connectivity index (χ2v) is 13.7. The van der Waals surface area contributed by atoms with Gasteiger partial charge in [-0.3, -0.25) is 0 Å². The summed E-state index contributed by atoms with van der Waals surface area (Å²) in [6, 6.07) is 15.1. The molecule has 0 radical (unpaired) electrons. The largest absolute Gasteiger partial charge is 0.598 e. The van der Waals surface area contributed by atoms with Crippen LogP contribution < -0.4 is 14.2 Å². The summed E-state index contributed by atoms with van der Waals surface area (Å²) in [7, 11) is 0. The van der Waals surface area contributed by atoms with Gasteiger partial charge in [-0.05, 0) is 75.6 Å². The molecule has 1 N–H and O–H groups in total. The van der Waals surface area contributed by atoms with Crippen molar-refractivity contribution in [1.29, 1.82) is 0 Å². The Labute approximate surface area is 252 Å². The van der Waals surface area contributed by atoms with Gasteiger partial charge in [0.2, 0.25) is 0 Å². The van der Waals surface area contributed by atoms with Crippen molar-refractivity contribution in [1.82, 2.24) is 4.72 Å². The second kappa shape index (κ2) is 13.0. The van der Waals surface area contributed by atoms with E-state index in [1.807, 2.05) is 22.6 Å². The zero-order valence-corrected chi connectivity index (χ0v) is 25.8. The van der Waals surface area contributed by atoms with Gasteiger partial charge < -0.3 is 14.0 Å². The molecule has 224 valence electrons. The summed E-state index contributed by atoms with van der Waals surface area (Å²) >= 11 is 0.109. The highest BCUT2D eigenvalue weighted by atomic mass is 127. The van der Waals surface area contributed by atoms with E-state index in [-0.39, 0.29) is 23.0 Å². The Morgan fingerprint density at radius 2 is 1.54 bits per heavy atom. The molecule has 0 bridgehead atoms. The molecule has 0 amide bonds. The van der Waals surface area contributed by atoms with Crippen molar-refractivity contribution in [2.24, 2.45) is 0 Å². The predicted octanol–water partition coefficient (Wildman–Crippen LogP) is 8.46. The quantitative estimate of drug-likeness (QED) is 0.0939. The fraction of sp³-hybridized carbons (Fsp3) is 0.379. The fourth-order valence-electron chi connectivity index (χ4n) is 3.95. The van der Waals surface area contributed by atoms with Gasteiger partial charge in [-0.25, -0.2) is 8.78 Å². The van der Waals surface area contributed by atoms with Crippen LogP contribution in [0.5, 0.6) is 11.5 Å². The van der Waals surface area contributed by atoms with Crippen molar-refractivity contribution in [2.75, 3.05) is 0 Å². The molecule has 0 fully saturated rings. The highest BCUT2D eigenvalue weighted by Gasteiger charge is 2.49. The van der Waals surface area contributed by atoms with Gasteiger partial charge in [0.15, 0.2) is 11.6 Å². The van der Waals surface area contributed by atoms with E-state index >= 15 is 8.78 Å². The molecule has 0 saturated heterocycles. The first-order valence-corrected chi connectivity index (χ1v) is 14.9. The van der Waals surface area contributed by atoms with E-state index in [0.717, 1.165) is 18.2 Å². The van der Waals surface area contributed by atoms with E-state index in [1.165, 1.54) is 12.1 Å². The molecule has 0 aromatic heterocycles. The van der Waals surface area contributed by atoms with Crippen LogP contribution in [0.3, 0.4) is 0 Å². The van der Waals surface area contributed by atoms with Crippen LogP contribution in [0.2, 0.25) is 0 Å². The minimum Gasteiger partial charge on any atom is -0.598 e. The number of nitrogens with one attached hydrogen (secondary N) is 1. The molecule has 0 saturated carbocycles. The number of rotatable bonds is 11. The van der Waals surface area contributed by atoms with Gasteiger partial charge in [0.1, 0.15) is 21.9 Å². The maximum absolute atomic E-state index is 15.5. The lowest BCUT2D eigenvalue weighted by Crippen LogP contribution is -2.54. The molecule has 0 heterocycles. The number of alkyl halides is 5. The van der Waals surface area contributed by atoms with E-state index in [0.29, 0.717) is 11.6 Å². The minimum atomic E-state index is -4.92. The number of benzene rings is 3. The number of ether oxygens (including phenoxy) is 2. The summed E-state index contributed by atoms with van der Waals surface area (Å²) in [6.07, 6.45) is -9.46. The summed E-state index contributed by atoms with van der Waals surface area (Å²) in [6.45, 7) is 8.45. The summed E-state index contributed by atoms with van der Waals surface area (Å²) in [5, 5.41) is 0. The third-order valence-electron chi connectivity index (χ3n) is 5.87. The van der Waals surface area contributed by atoms with Gasteiger partial charge in [0.25, 0.3) is 0 Å². The average molecular weight is 714 g/mol. The highest BCUT2D eigenvalue weighted by Crippen LogP contribution is 2.49. The van der Waals surface area contributed by atoms with Crippen LogP contribution in [0.15, 0.2) is 66.7 Å². The number of halogens is 7. The van der Waals surface area contributed by atoms with Crippen LogP contribution in [0, 0.1) is 11.6 Å². The van der Waals surface area contributed by atoms with Crippen molar-refractivity contribution in [3.05, 3.63) is 95.1 Å². The first-order chi connectivity index (χ1) is 19.0. The van der Waals surface area contributed by atoms with Crippen LogP contribution in [-0.4, -0.2) is 27.9 Å². The van der Waals surface area contributed by atoms with Crippen molar-refractivity contribution in [3.8, 4) is 11.5 Å². The minimum absolute atomic E-state index is 0.0702. The van der Waals surface area contributed by atoms with Gasteiger partial charge in [-0.15, -0.1) is 4.72 Å². The van der Waals surface area contributed by atoms with Gasteiger partial charge in [-0.1, -0.05) is 59.0 Å². The maximum atomic E-state index is 15.5.